The molecule has 3 heterocycles. The van der Waals surface area contributed by atoms with Gasteiger partial charge in [-0.25, -0.2) is 0 Å². The van der Waals surface area contributed by atoms with Crippen LogP contribution in [-0.2, 0) is 14.3 Å². The van der Waals surface area contributed by atoms with Crippen molar-refractivity contribution in [1.82, 2.24) is 10.2 Å². The van der Waals surface area contributed by atoms with Crippen molar-refractivity contribution >= 4 is 17.7 Å². The number of hydrogen-bond donors (Lipinski definition) is 1. The van der Waals surface area contributed by atoms with Gasteiger partial charge in [0.15, 0.2) is 17.7 Å². The number of nitrogens with zero attached hydrogens (tertiary/aromatic N) is 3. The maximum Gasteiger partial charge on any atom is 0.335 e. The molecule has 0 aromatic carbocycles. The van der Waals surface area contributed by atoms with E-state index in [-0.39, 0.29) is 4.65 Å². The number of rotatable bonds is 6. The van der Waals surface area contributed by atoms with Crippen molar-refractivity contribution in [3.05, 3.63) is 51.9 Å². The van der Waals surface area contributed by atoms with Gasteiger partial charge in [-0.2, -0.15) is 9.94 Å². The van der Waals surface area contributed by atoms with Gasteiger partial charge in [0.1, 0.15) is 0 Å². The average molecular weight is 355 g/mol. The molecule has 0 radical (unpaired) electrons. The van der Waals surface area contributed by atoms with Crippen molar-refractivity contribution in [3.8, 4) is 0 Å². The van der Waals surface area contributed by atoms with Crippen LogP contribution in [-0.4, -0.2) is 49.3 Å². The molecule has 4 rings (SSSR count). The molecule has 0 amide bonds. The number of fused-ring (bicyclic) bond motifs is 3. The van der Waals surface area contributed by atoms with E-state index in [1.807, 2.05) is 6.20 Å². The van der Waals surface area contributed by atoms with Crippen molar-refractivity contribution in [2.45, 2.75) is 12.8 Å². The third-order valence-corrected chi connectivity index (χ3v) is 4.96. The van der Waals surface area contributed by atoms with Gasteiger partial charge in [-0.1, -0.05) is 16.8 Å². The van der Waals surface area contributed by atoms with Gasteiger partial charge >= 0.3 is 5.88 Å². The van der Waals surface area contributed by atoms with Crippen molar-refractivity contribution in [2.75, 3.05) is 39.8 Å². The van der Waals surface area contributed by atoms with Crippen LogP contribution >= 0.6 is 0 Å². The molecule has 0 fully saturated rings. The van der Waals surface area contributed by atoms with Crippen LogP contribution in [0.4, 0.5) is 5.82 Å². The van der Waals surface area contributed by atoms with Crippen molar-refractivity contribution < 1.29 is 19.0 Å². The Balaban J connectivity index is 2.00. The van der Waals surface area contributed by atoms with Crippen LogP contribution in [0.3, 0.4) is 0 Å². The van der Waals surface area contributed by atoms with E-state index in [1.54, 1.807) is 27.5 Å². The van der Waals surface area contributed by atoms with Crippen molar-refractivity contribution in [2.24, 2.45) is 0 Å². The molecule has 7 nitrogen and oxygen atoms in total. The van der Waals surface area contributed by atoms with E-state index in [9.17, 15) is 0 Å². The number of ether oxygens (including phenoxy) is 2. The summed E-state index contributed by atoms with van der Waals surface area (Å²) < 4.78 is 11.0. The summed E-state index contributed by atoms with van der Waals surface area (Å²) in [5.74, 6) is 1.46. The monoisotopic (exact) mass is 355 g/mol. The van der Waals surface area contributed by atoms with Gasteiger partial charge in [0, 0.05) is 25.3 Å². The highest BCUT2D eigenvalue weighted by Gasteiger charge is 2.49. The standard InChI is InChI=1S/C19H23N4O3/c1-24-9-8-20-19-17-14(11-21-22-19)12-23(26-3)16(25-2)10-13-6-4-5-7-15(13)18(17)23/h5,7,10-12H,4,6,8-9H2,1-3H3,(H,20,22)/q+1. The van der Waals surface area contributed by atoms with Crippen LogP contribution in [0, 0.1) is 0 Å². The zero-order chi connectivity index (χ0) is 18.1. The molecule has 3 aliphatic rings. The lowest BCUT2D eigenvalue weighted by molar-refractivity contribution is -0.962. The van der Waals surface area contributed by atoms with E-state index in [0.717, 1.165) is 46.3 Å². The van der Waals surface area contributed by atoms with E-state index in [0.29, 0.717) is 13.2 Å². The minimum atomic E-state index is 0.0708. The van der Waals surface area contributed by atoms with Crippen molar-refractivity contribution in [3.63, 3.8) is 0 Å². The summed E-state index contributed by atoms with van der Waals surface area (Å²) in [6.07, 6.45) is 12.2. The summed E-state index contributed by atoms with van der Waals surface area (Å²) in [5, 5.41) is 13.8. The lowest BCUT2D eigenvalue weighted by Gasteiger charge is -2.34. The highest BCUT2D eigenvalue weighted by molar-refractivity contribution is 5.74. The summed E-state index contributed by atoms with van der Waals surface area (Å²) in [6, 6.07) is 0. The first-order chi connectivity index (χ1) is 12.7. The molecule has 0 bridgehead atoms. The number of hydrogen-bond acceptors (Lipinski definition) is 6. The Hall–Kier alpha value is -2.48. The van der Waals surface area contributed by atoms with Gasteiger partial charge in [0.25, 0.3) is 0 Å². The quantitative estimate of drug-likeness (QED) is 0.605. The van der Waals surface area contributed by atoms with Crippen LogP contribution in [0.5, 0.6) is 0 Å². The van der Waals surface area contributed by atoms with E-state index in [1.165, 1.54) is 5.57 Å². The SMILES string of the molecule is COCCNc1nncc2c1=C1C3=C(C=C(OC)[N+]1(OC)C=2)CCC=C3. The molecule has 1 N–H and O–H groups in total. The molecule has 1 atom stereocenters. The Kier molecular flexibility index (Phi) is 4.36. The molecule has 1 unspecified atom stereocenters. The smallest absolute Gasteiger partial charge is 0.335 e. The van der Waals surface area contributed by atoms with Crippen LogP contribution in [0.1, 0.15) is 12.8 Å². The number of hydroxylamine groups is 3. The number of anilines is 1. The lowest BCUT2D eigenvalue weighted by atomic mass is 9.91. The van der Waals surface area contributed by atoms with Gasteiger partial charge in [0.05, 0.1) is 37.5 Å². The van der Waals surface area contributed by atoms with Gasteiger partial charge in [-0.05, 0) is 18.4 Å². The van der Waals surface area contributed by atoms with E-state index >= 15 is 0 Å². The second kappa shape index (κ2) is 6.68. The number of nitrogens with one attached hydrogen (secondary N) is 1. The summed E-state index contributed by atoms with van der Waals surface area (Å²) in [4.78, 5) is 5.99. The summed E-state index contributed by atoms with van der Waals surface area (Å²) in [6.45, 7) is 1.24. The lowest BCUT2D eigenvalue weighted by Crippen LogP contribution is -2.42. The minimum absolute atomic E-state index is 0.0708. The third-order valence-electron chi connectivity index (χ3n) is 4.96. The summed E-state index contributed by atoms with van der Waals surface area (Å²) in [5.41, 5.74) is 3.44. The Morgan fingerprint density at radius 3 is 2.92 bits per heavy atom. The minimum Gasteiger partial charge on any atom is -0.452 e. The fourth-order valence-corrected chi connectivity index (χ4v) is 3.79. The number of methoxy groups -OCH3 is 2. The van der Waals surface area contributed by atoms with Gasteiger partial charge in [-0.15, -0.1) is 5.10 Å². The first-order valence-corrected chi connectivity index (χ1v) is 8.68. The molecular weight excluding hydrogens is 332 g/mol. The zero-order valence-electron chi connectivity index (χ0n) is 15.3. The van der Waals surface area contributed by atoms with Crippen LogP contribution in [0.25, 0.3) is 11.9 Å². The Morgan fingerprint density at radius 2 is 2.15 bits per heavy atom. The Labute approximate surface area is 152 Å². The maximum absolute atomic E-state index is 5.99. The maximum atomic E-state index is 5.99. The molecule has 1 aliphatic carbocycles. The fourth-order valence-electron chi connectivity index (χ4n) is 3.79. The second-order valence-electron chi connectivity index (χ2n) is 6.33. The molecule has 1 aromatic rings. The predicted molar refractivity (Wildman–Crippen MR) is 97.3 cm³/mol. The molecule has 7 heteroatoms. The Morgan fingerprint density at radius 1 is 1.27 bits per heavy atom. The van der Waals surface area contributed by atoms with Gasteiger partial charge in [-0.3, -0.25) is 0 Å². The first-order valence-electron chi connectivity index (χ1n) is 8.68. The van der Waals surface area contributed by atoms with Crippen molar-refractivity contribution in [1.29, 1.82) is 0 Å². The van der Waals surface area contributed by atoms with E-state index in [2.05, 4.69) is 33.7 Å². The molecule has 0 saturated heterocycles. The predicted octanol–water partition coefficient (Wildman–Crippen LogP) is 0.921. The highest BCUT2D eigenvalue weighted by Crippen LogP contribution is 2.43. The van der Waals surface area contributed by atoms with Gasteiger partial charge < -0.3 is 14.8 Å². The number of quaternary nitrogens is 1. The highest BCUT2D eigenvalue weighted by atomic mass is 16.7. The Bertz CT molecular complexity index is 948. The van der Waals surface area contributed by atoms with Crippen LogP contribution in [0.15, 0.2) is 41.5 Å². The zero-order valence-corrected chi connectivity index (χ0v) is 15.3. The molecule has 2 aliphatic heterocycles. The first kappa shape index (κ1) is 17.0. The number of allylic oxidation sites excluding steroid dienone is 3. The molecule has 136 valence electrons. The normalized spacial score (nSPS) is 23.0. The number of aromatic nitrogens is 2. The second-order valence-corrected chi connectivity index (χ2v) is 6.33. The van der Waals surface area contributed by atoms with Crippen LogP contribution in [0.2, 0.25) is 0 Å². The summed E-state index contributed by atoms with van der Waals surface area (Å²) in [7, 11) is 5.04. The average Bonchev–Trinajstić information content (AvgIpc) is 3.04. The third kappa shape index (κ3) is 2.39. The summed E-state index contributed by atoms with van der Waals surface area (Å²) >= 11 is 0. The van der Waals surface area contributed by atoms with Crippen LogP contribution < -0.4 is 15.8 Å². The van der Waals surface area contributed by atoms with Gasteiger partial charge in [0.2, 0.25) is 0 Å². The topological polar surface area (TPSA) is 65.5 Å². The molecule has 0 saturated carbocycles. The molecule has 26 heavy (non-hydrogen) atoms. The van der Waals surface area contributed by atoms with E-state index in [4.69, 9.17) is 14.3 Å². The van der Waals surface area contributed by atoms with E-state index < -0.39 is 0 Å². The molecule has 0 spiro atoms. The molecular formula is C19H23N4O3+. The molecule has 1 aromatic heterocycles. The largest absolute Gasteiger partial charge is 0.452 e. The fraction of sp³-hybridized carbons (Fsp3) is 0.368.